The van der Waals surface area contributed by atoms with Crippen LogP contribution < -0.4 is 10.1 Å². The molecule has 5 heteroatoms. The highest BCUT2D eigenvalue weighted by atomic mass is 16.5. The Morgan fingerprint density at radius 3 is 3.05 bits per heavy atom. The summed E-state index contributed by atoms with van der Waals surface area (Å²) in [7, 11) is 1.30. The van der Waals surface area contributed by atoms with Crippen LogP contribution in [0.1, 0.15) is 18.4 Å². The van der Waals surface area contributed by atoms with Gasteiger partial charge in [-0.05, 0) is 49.9 Å². The van der Waals surface area contributed by atoms with Crippen LogP contribution in [0.2, 0.25) is 0 Å². The molecule has 20 heavy (non-hydrogen) atoms. The van der Waals surface area contributed by atoms with Gasteiger partial charge < -0.3 is 14.8 Å². The van der Waals surface area contributed by atoms with Crippen LogP contribution in [-0.4, -0.2) is 37.8 Å². The fourth-order valence-corrected chi connectivity index (χ4v) is 2.02. The Labute approximate surface area is 118 Å². The highest BCUT2D eigenvalue weighted by molar-refractivity contribution is 5.89. The van der Waals surface area contributed by atoms with Gasteiger partial charge >= 0.3 is 5.97 Å². The molecule has 1 N–H and O–H groups in total. The van der Waals surface area contributed by atoms with E-state index in [4.69, 9.17) is 4.74 Å². The molecule has 1 aliphatic heterocycles. The lowest BCUT2D eigenvalue weighted by Crippen LogP contribution is -2.30. The Morgan fingerprint density at radius 1 is 1.50 bits per heavy atom. The Kier molecular flexibility index (Phi) is 5.39. The predicted octanol–water partition coefficient (Wildman–Crippen LogP) is 0.984. The monoisotopic (exact) mass is 274 g/mol. The summed E-state index contributed by atoms with van der Waals surface area (Å²) in [6.07, 6.45) is 3.87. The van der Waals surface area contributed by atoms with Crippen molar-refractivity contribution < 1.29 is 14.3 Å². The van der Waals surface area contributed by atoms with E-state index in [0.717, 1.165) is 25.9 Å². The Bertz CT molecular complexity index is 513. The summed E-state index contributed by atoms with van der Waals surface area (Å²) in [6.45, 7) is 2.70. The lowest BCUT2D eigenvalue weighted by Gasteiger charge is -2.22. The number of nitrogens with one attached hydrogen (secondary N) is 1. The molecule has 0 atom stereocenters. The van der Waals surface area contributed by atoms with Crippen molar-refractivity contribution in [1.82, 2.24) is 10.3 Å². The molecular formula is C15H18N2O3. The molecule has 2 rings (SSSR count). The third-order valence-electron chi connectivity index (χ3n) is 3.17. The van der Waals surface area contributed by atoms with E-state index in [2.05, 4.69) is 26.9 Å². The molecule has 106 valence electrons. The molecule has 0 aliphatic carbocycles. The number of piperidine rings is 1. The minimum Gasteiger partial charge on any atom is -0.476 e. The van der Waals surface area contributed by atoms with Crippen LogP contribution in [0.3, 0.4) is 0 Å². The van der Waals surface area contributed by atoms with E-state index in [-0.39, 0.29) is 0 Å². The minimum absolute atomic E-state index is 0.474. The van der Waals surface area contributed by atoms with E-state index >= 15 is 0 Å². The van der Waals surface area contributed by atoms with Crippen LogP contribution in [0.25, 0.3) is 0 Å². The van der Waals surface area contributed by atoms with Gasteiger partial charge in [0.05, 0.1) is 19.3 Å². The number of carbonyl (C=O) groups excluding carboxylic acids is 1. The molecule has 0 bridgehead atoms. The van der Waals surface area contributed by atoms with Crippen molar-refractivity contribution in [2.75, 3.05) is 26.8 Å². The molecule has 2 heterocycles. The largest absolute Gasteiger partial charge is 0.476 e. The summed E-state index contributed by atoms with van der Waals surface area (Å²) >= 11 is 0. The van der Waals surface area contributed by atoms with Gasteiger partial charge in [-0.1, -0.05) is 0 Å². The van der Waals surface area contributed by atoms with Gasteiger partial charge in [-0.3, -0.25) is 0 Å². The molecule has 5 nitrogen and oxygen atoms in total. The molecular weight excluding hydrogens is 256 g/mol. The fraction of sp³-hybridized carbons (Fsp3) is 0.467. The zero-order valence-electron chi connectivity index (χ0n) is 11.5. The molecule has 0 aromatic carbocycles. The van der Waals surface area contributed by atoms with Crippen molar-refractivity contribution in [3.8, 4) is 17.7 Å². The number of methoxy groups -OCH3 is 1. The minimum atomic E-state index is -0.571. The van der Waals surface area contributed by atoms with Gasteiger partial charge in [0.15, 0.2) is 0 Å². The maximum atomic E-state index is 11.0. The molecule has 1 fully saturated rings. The molecule has 0 saturated carbocycles. The summed E-state index contributed by atoms with van der Waals surface area (Å²) in [4.78, 5) is 15.2. The van der Waals surface area contributed by atoms with Crippen molar-refractivity contribution >= 4 is 5.97 Å². The van der Waals surface area contributed by atoms with Crippen LogP contribution in [0.15, 0.2) is 18.3 Å². The van der Waals surface area contributed by atoms with E-state index < -0.39 is 5.97 Å². The normalized spacial score (nSPS) is 15.1. The smallest absolute Gasteiger partial charge is 0.384 e. The average molecular weight is 274 g/mol. The van der Waals surface area contributed by atoms with Gasteiger partial charge in [0.25, 0.3) is 0 Å². The number of rotatable bonds is 3. The molecule has 1 aromatic rings. The van der Waals surface area contributed by atoms with Crippen LogP contribution in [0.5, 0.6) is 5.88 Å². The van der Waals surface area contributed by atoms with Crippen molar-refractivity contribution in [2.45, 2.75) is 12.8 Å². The second kappa shape index (κ2) is 7.51. The van der Waals surface area contributed by atoms with E-state index in [1.165, 1.54) is 7.11 Å². The molecule has 0 radical (unpaired) electrons. The zero-order chi connectivity index (χ0) is 14.2. The van der Waals surface area contributed by atoms with Gasteiger partial charge in [0.2, 0.25) is 5.88 Å². The first-order chi connectivity index (χ1) is 9.79. The SMILES string of the molecule is COC(=O)C#Cc1cccnc1OCC1CCNCC1. The number of ether oxygens (including phenoxy) is 2. The first-order valence-electron chi connectivity index (χ1n) is 6.68. The first-order valence-corrected chi connectivity index (χ1v) is 6.68. The van der Waals surface area contributed by atoms with Crippen molar-refractivity contribution in [1.29, 1.82) is 0 Å². The quantitative estimate of drug-likeness (QED) is 0.658. The second-order valence-electron chi connectivity index (χ2n) is 4.60. The number of aromatic nitrogens is 1. The number of pyridine rings is 1. The first kappa shape index (κ1) is 14.4. The van der Waals surface area contributed by atoms with Crippen LogP contribution >= 0.6 is 0 Å². The van der Waals surface area contributed by atoms with Gasteiger partial charge in [-0.2, -0.15) is 0 Å². The van der Waals surface area contributed by atoms with Gasteiger partial charge in [-0.15, -0.1) is 0 Å². The number of hydrogen-bond donors (Lipinski definition) is 1. The zero-order valence-corrected chi connectivity index (χ0v) is 11.5. The maximum absolute atomic E-state index is 11.0. The van der Waals surface area contributed by atoms with Gasteiger partial charge in [0, 0.05) is 12.1 Å². The van der Waals surface area contributed by atoms with Crippen molar-refractivity contribution in [3.63, 3.8) is 0 Å². The summed E-state index contributed by atoms with van der Waals surface area (Å²) < 4.78 is 10.2. The van der Waals surface area contributed by atoms with E-state index in [0.29, 0.717) is 24.0 Å². The average Bonchev–Trinajstić information content (AvgIpc) is 2.52. The number of nitrogens with zero attached hydrogens (tertiary/aromatic N) is 1. The number of esters is 1. The molecule has 1 aromatic heterocycles. The summed E-state index contributed by atoms with van der Waals surface area (Å²) in [6, 6.07) is 3.54. The third-order valence-corrected chi connectivity index (χ3v) is 3.17. The highest BCUT2D eigenvalue weighted by Crippen LogP contribution is 2.17. The van der Waals surface area contributed by atoms with Crippen LogP contribution in [0.4, 0.5) is 0 Å². The summed E-state index contributed by atoms with van der Waals surface area (Å²) in [5.74, 6) is 5.56. The van der Waals surface area contributed by atoms with Crippen molar-refractivity contribution in [3.05, 3.63) is 23.9 Å². The Balaban J connectivity index is 1.99. The molecule has 1 aliphatic rings. The van der Waals surface area contributed by atoms with E-state index in [1.807, 2.05) is 0 Å². The fourth-order valence-electron chi connectivity index (χ4n) is 2.02. The molecule has 0 unspecified atom stereocenters. The van der Waals surface area contributed by atoms with E-state index in [9.17, 15) is 4.79 Å². The molecule has 0 spiro atoms. The highest BCUT2D eigenvalue weighted by Gasteiger charge is 2.14. The topological polar surface area (TPSA) is 60.5 Å². The van der Waals surface area contributed by atoms with Gasteiger partial charge in [0.1, 0.15) is 0 Å². The van der Waals surface area contributed by atoms with Crippen LogP contribution in [0, 0.1) is 17.8 Å². The third kappa shape index (κ3) is 4.25. The number of hydrogen-bond acceptors (Lipinski definition) is 5. The van der Waals surface area contributed by atoms with Crippen molar-refractivity contribution in [2.24, 2.45) is 5.92 Å². The second-order valence-corrected chi connectivity index (χ2v) is 4.60. The lowest BCUT2D eigenvalue weighted by molar-refractivity contribution is -0.133. The van der Waals surface area contributed by atoms with Gasteiger partial charge in [-0.25, -0.2) is 9.78 Å². The lowest BCUT2D eigenvalue weighted by atomic mass is 9.99. The van der Waals surface area contributed by atoms with Crippen LogP contribution in [-0.2, 0) is 9.53 Å². The Hall–Kier alpha value is -2.06. The predicted molar refractivity (Wildman–Crippen MR) is 74.2 cm³/mol. The summed E-state index contributed by atoms with van der Waals surface area (Å²) in [5, 5.41) is 3.32. The number of carbonyl (C=O) groups is 1. The molecule has 1 saturated heterocycles. The standard InChI is InChI=1S/C15H18N2O3/c1-19-14(18)5-4-13-3-2-8-17-15(13)20-11-12-6-9-16-10-7-12/h2-3,8,12,16H,6-7,9-11H2,1H3. The summed E-state index contributed by atoms with van der Waals surface area (Å²) in [5.41, 5.74) is 0.604. The van der Waals surface area contributed by atoms with E-state index in [1.54, 1.807) is 18.3 Å². The molecule has 0 amide bonds. The Morgan fingerprint density at radius 2 is 2.30 bits per heavy atom. The maximum Gasteiger partial charge on any atom is 0.384 e.